The molecule has 1 nitrogen and oxygen atoms in total. The van der Waals surface area contributed by atoms with Gasteiger partial charge in [-0.15, -0.1) is 0 Å². The number of unbranched alkanes of at least 4 members (excludes halogenated alkanes) is 1. The zero-order valence-electron chi connectivity index (χ0n) is 17.6. The highest BCUT2D eigenvalue weighted by Crippen LogP contribution is 2.91. The molecular formula is C25H42O. The van der Waals surface area contributed by atoms with Gasteiger partial charge >= 0.3 is 0 Å². The molecule has 5 rings (SSSR count). The van der Waals surface area contributed by atoms with Crippen molar-refractivity contribution in [2.75, 3.05) is 0 Å². The monoisotopic (exact) mass is 358 g/mol. The molecule has 0 heterocycles. The van der Waals surface area contributed by atoms with Crippen LogP contribution in [0.15, 0.2) is 0 Å². The molecule has 26 heavy (non-hydrogen) atoms. The molecule has 1 heteroatoms. The number of hydrogen-bond donors (Lipinski definition) is 1. The van der Waals surface area contributed by atoms with Crippen LogP contribution in [0.25, 0.3) is 0 Å². The van der Waals surface area contributed by atoms with Gasteiger partial charge in [0.25, 0.3) is 0 Å². The van der Waals surface area contributed by atoms with Crippen LogP contribution in [-0.2, 0) is 0 Å². The topological polar surface area (TPSA) is 20.2 Å². The van der Waals surface area contributed by atoms with Crippen molar-refractivity contribution in [2.45, 2.75) is 110 Å². The second kappa shape index (κ2) is 5.98. The zero-order valence-corrected chi connectivity index (χ0v) is 17.6. The maximum atomic E-state index is 10.9. The molecule has 5 aliphatic carbocycles. The summed E-state index contributed by atoms with van der Waals surface area (Å²) in [6.07, 6.45) is 18.6. The van der Waals surface area contributed by atoms with Crippen molar-refractivity contribution in [3.8, 4) is 0 Å². The average Bonchev–Trinajstić information content (AvgIpc) is 2.86. The molecule has 0 aliphatic heterocycles. The maximum absolute atomic E-state index is 10.9. The molecule has 0 aromatic carbocycles. The van der Waals surface area contributed by atoms with Crippen molar-refractivity contribution in [3.63, 3.8) is 0 Å². The first-order valence-electron chi connectivity index (χ1n) is 12.1. The standard InChI is InChI=1S/C25H42O/c1-17(2)8-4-5-9-18-11-12-21-23(18,3)15-13-22-24-14-7-6-10-19(24)20(26)16-25(21,22)24/h17-22,26H,4-16H2,1-3H3. The van der Waals surface area contributed by atoms with Gasteiger partial charge in [0.15, 0.2) is 0 Å². The van der Waals surface area contributed by atoms with Gasteiger partial charge in [-0.25, -0.2) is 0 Å². The summed E-state index contributed by atoms with van der Waals surface area (Å²) < 4.78 is 0. The normalized spacial score (nSPS) is 54.6. The Balaban J connectivity index is 1.35. The first kappa shape index (κ1) is 18.0. The van der Waals surface area contributed by atoms with Crippen LogP contribution < -0.4 is 0 Å². The molecule has 148 valence electrons. The van der Waals surface area contributed by atoms with Gasteiger partial charge in [0.2, 0.25) is 0 Å². The molecule has 5 fully saturated rings. The van der Waals surface area contributed by atoms with Crippen LogP contribution in [-0.4, -0.2) is 11.2 Å². The lowest BCUT2D eigenvalue weighted by Gasteiger charge is -2.46. The van der Waals surface area contributed by atoms with E-state index in [1.54, 1.807) is 0 Å². The summed E-state index contributed by atoms with van der Waals surface area (Å²) in [7, 11) is 0. The molecule has 0 amide bonds. The van der Waals surface area contributed by atoms with E-state index in [-0.39, 0.29) is 6.10 Å². The summed E-state index contributed by atoms with van der Waals surface area (Å²) in [5, 5.41) is 10.9. The molecule has 5 saturated carbocycles. The molecule has 0 radical (unpaired) electrons. The third kappa shape index (κ3) is 2.08. The minimum atomic E-state index is 0.0407. The average molecular weight is 359 g/mol. The summed E-state index contributed by atoms with van der Waals surface area (Å²) in [6.45, 7) is 7.43. The Bertz CT molecular complexity index is 554. The number of rotatable bonds is 5. The Morgan fingerprint density at radius 1 is 0.923 bits per heavy atom. The van der Waals surface area contributed by atoms with Gasteiger partial charge in [-0.05, 0) is 97.2 Å². The van der Waals surface area contributed by atoms with Gasteiger partial charge in [-0.2, -0.15) is 0 Å². The summed E-state index contributed by atoms with van der Waals surface area (Å²) in [4.78, 5) is 0. The Kier molecular flexibility index (Phi) is 4.14. The molecule has 2 spiro atoms. The van der Waals surface area contributed by atoms with Crippen molar-refractivity contribution in [3.05, 3.63) is 0 Å². The second-order valence-corrected chi connectivity index (χ2v) is 11.8. The lowest BCUT2D eigenvalue weighted by atomic mass is 9.59. The molecule has 0 saturated heterocycles. The molecule has 0 bridgehead atoms. The largest absolute Gasteiger partial charge is 0.393 e. The van der Waals surface area contributed by atoms with E-state index in [0.29, 0.717) is 22.2 Å². The van der Waals surface area contributed by atoms with Crippen molar-refractivity contribution in [2.24, 2.45) is 45.8 Å². The highest BCUT2D eigenvalue weighted by atomic mass is 16.3. The maximum Gasteiger partial charge on any atom is 0.0579 e. The van der Waals surface area contributed by atoms with Crippen molar-refractivity contribution >= 4 is 0 Å². The van der Waals surface area contributed by atoms with Crippen LogP contribution in [0.5, 0.6) is 0 Å². The van der Waals surface area contributed by atoms with E-state index in [2.05, 4.69) is 20.8 Å². The molecule has 0 aromatic heterocycles. The van der Waals surface area contributed by atoms with Gasteiger partial charge in [0, 0.05) is 0 Å². The van der Waals surface area contributed by atoms with Crippen LogP contribution in [0.1, 0.15) is 104 Å². The first-order chi connectivity index (χ1) is 12.5. The van der Waals surface area contributed by atoms with E-state index >= 15 is 0 Å². The van der Waals surface area contributed by atoms with Crippen LogP contribution >= 0.6 is 0 Å². The Hall–Kier alpha value is -0.0400. The first-order valence-corrected chi connectivity index (χ1v) is 12.1. The number of fused-ring (bicyclic) bond motifs is 1. The summed E-state index contributed by atoms with van der Waals surface area (Å²) in [5.74, 6) is 4.47. The van der Waals surface area contributed by atoms with Crippen LogP contribution in [0.2, 0.25) is 0 Å². The van der Waals surface area contributed by atoms with E-state index < -0.39 is 0 Å². The van der Waals surface area contributed by atoms with E-state index in [1.165, 1.54) is 83.5 Å². The van der Waals surface area contributed by atoms with E-state index in [9.17, 15) is 5.11 Å². The SMILES string of the molecule is CC(C)CCCCC1CCC2C1(C)CCC1C34CCCCC3C(O)CC214. The van der Waals surface area contributed by atoms with Gasteiger partial charge in [0.1, 0.15) is 0 Å². The smallest absolute Gasteiger partial charge is 0.0579 e. The van der Waals surface area contributed by atoms with E-state index in [0.717, 1.165) is 23.7 Å². The van der Waals surface area contributed by atoms with Gasteiger partial charge < -0.3 is 5.11 Å². The lowest BCUT2D eigenvalue weighted by Crippen LogP contribution is -2.39. The highest BCUT2D eigenvalue weighted by Gasteiger charge is 2.87. The molecule has 8 atom stereocenters. The summed E-state index contributed by atoms with van der Waals surface area (Å²) >= 11 is 0. The van der Waals surface area contributed by atoms with Crippen LogP contribution in [0.4, 0.5) is 0 Å². The Labute approximate surface area is 161 Å². The fraction of sp³-hybridized carbons (Fsp3) is 1.00. The summed E-state index contributed by atoms with van der Waals surface area (Å²) in [6, 6.07) is 0. The predicted molar refractivity (Wildman–Crippen MR) is 108 cm³/mol. The number of aliphatic hydroxyl groups excluding tert-OH is 1. The summed E-state index contributed by atoms with van der Waals surface area (Å²) in [5.41, 5.74) is 1.78. The Morgan fingerprint density at radius 2 is 1.77 bits per heavy atom. The van der Waals surface area contributed by atoms with Gasteiger partial charge in [-0.3, -0.25) is 0 Å². The highest BCUT2D eigenvalue weighted by molar-refractivity contribution is 5.34. The molecule has 8 unspecified atom stereocenters. The molecule has 1 N–H and O–H groups in total. The van der Waals surface area contributed by atoms with Gasteiger partial charge in [0.05, 0.1) is 6.10 Å². The van der Waals surface area contributed by atoms with E-state index in [4.69, 9.17) is 0 Å². The molecular weight excluding hydrogens is 316 g/mol. The fourth-order valence-corrected chi connectivity index (χ4v) is 9.97. The minimum absolute atomic E-state index is 0.0407. The number of hydrogen-bond acceptors (Lipinski definition) is 1. The lowest BCUT2D eigenvalue weighted by molar-refractivity contribution is 0.0132. The van der Waals surface area contributed by atoms with Gasteiger partial charge in [-0.1, -0.05) is 52.9 Å². The minimum Gasteiger partial charge on any atom is -0.393 e. The molecule has 5 aliphatic rings. The van der Waals surface area contributed by atoms with E-state index in [1.807, 2.05) is 0 Å². The zero-order chi connectivity index (χ0) is 18.2. The fourth-order valence-electron chi connectivity index (χ4n) is 9.97. The predicted octanol–water partition coefficient (Wildman–Crippen LogP) is 6.59. The third-order valence-corrected chi connectivity index (χ3v) is 10.8. The third-order valence-electron chi connectivity index (χ3n) is 10.8. The van der Waals surface area contributed by atoms with Crippen molar-refractivity contribution in [1.82, 2.24) is 0 Å². The van der Waals surface area contributed by atoms with Crippen LogP contribution in [0, 0.1) is 45.8 Å². The number of aliphatic hydroxyl groups is 1. The second-order valence-electron chi connectivity index (χ2n) is 11.8. The Morgan fingerprint density at radius 3 is 2.58 bits per heavy atom. The quantitative estimate of drug-likeness (QED) is 0.550. The molecule has 0 aromatic rings. The van der Waals surface area contributed by atoms with Crippen molar-refractivity contribution < 1.29 is 5.11 Å². The van der Waals surface area contributed by atoms with Crippen LogP contribution in [0.3, 0.4) is 0 Å². The van der Waals surface area contributed by atoms with Crippen molar-refractivity contribution in [1.29, 1.82) is 0 Å².